The Morgan fingerprint density at radius 2 is 1.50 bits per heavy atom. The van der Waals surface area contributed by atoms with E-state index in [1.807, 2.05) is 48.5 Å². The minimum absolute atomic E-state index is 0.00727. The van der Waals surface area contributed by atoms with Gasteiger partial charge in [0.2, 0.25) is 11.8 Å². The van der Waals surface area contributed by atoms with Crippen LogP contribution < -0.4 is 4.90 Å². The van der Waals surface area contributed by atoms with E-state index in [0.717, 1.165) is 27.2 Å². The third kappa shape index (κ3) is 2.31. The summed E-state index contributed by atoms with van der Waals surface area (Å²) in [5.41, 5.74) is 1.92. The van der Waals surface area contributed by atoms with Gasteiger partial charge >= 0.3 is 5.97 Å². The Balaban J connectivity index is 1.63. The van der Waals surface area contributed by atoms with Crippen LogP contribution in [-0.2, 0) is 19.8 Å². The maximum atomic E-state index is 14.0. The number of rotatable bonds is 3. The summed E-state index contributed by atoms with van der Waals surface area (Å²) in [5.74, 6) is -4.48. The lowest BCUT2D eigenvalue weighted by molar-refractivity contribution is -0.132. The van der Waals surface area contributed by atoms with Gasteiger partial charge in [0.1, 0.15) is 5.78 Å². The molecule has 6 nitrogen and oxygen atoms in total. The number of Topliss-reactive ketones (excluding diaryl/α,β-unsaturated/α-hetero) is 1. The molecule has 1 heterocycles. The van der Waals surface area contributed by atoms with Crippen molar-refractivity contribution in [2.24, 2.45) is 11.8 Å². The number of hydrogen-bond donors (Lipinski definition) is 1. The summed E-state index contributed by atoms with van der Waals surface area (Å²) in [6.45, 7) is 1.47. The van der Waals surface area contributed by atoms with Gasteiger partial charge in [-0.15, -0.1) is 0 Å². The number of aromatic carboxylic acids is 1. The van der Waals surface area contributed by atoms with E-state index in [9.17, 15) is 24.3 Å². The van der Waals surface area contributed by atoms with E-state index in [2.05, 4.69) is 0 Å². The van der Waals surface area contributed by atoms with Gasteiger partial charge in [0.05, 0.1) is 33.5 Å². The first-order valence-electron chi connectivity index (χ1n) is 10.9. The Morgan fingerprint density at radius 1 is 0.912 bits per heavy atom. The zero-order chi connectivity index (χ0) is 23.9. The lowest BCUT2D eigenvalue weighted by Gasteiger charge is -2.52. The van der Waals surface area contributed by atoms with Gasteiger partial charge in [0.15, 0.2) is 0 Å². The van der Waals surface area contributed by atoms with Crippen LogP contribution in [0.2, 0.25) is 5.02 Å². The molecule has 0 unspecified atom stereocenters. The lowest BCUT2D eigenvalue weighted by Crippen LogP contribution is -2.57. The molecule has 7 heteroatoms. The molecule has 0 spiro atoms. The average Bonchev–Trinajstić information content (AvgIpc) is 3.10. The van der Waals surface area contributed by atoms with Gasteiger partial charge in [-0.05, 0) is 47.4 Å². The zero-order valence-electron chi connectivity index (χ0n) is 18.0. The van der Waals surface area contributed by atoms with Crippen LogP contribution in [-0.4, -0.2) is 28.7 Å². The van der Waals surface area contributed by atoms with Crippen LogP contribution in [0.1, 0.15) is 45.5 Å². The van der Waals surface area contributed by atoms with E-state index in [1.165, 1.54) is 25.1 Å². The van der Waals surface area contributed by atoms with Crippen LogP contribution >= 0.6 is 11.6 Å². The summed E-state index contributed by atoms with van der Waals surface area (Å²) in [7, 11) is 0. The van der Waals surface area contributed by atoms with E-state index in [4.69, 9.17) is 11.6 Å². The van der Waals surface area contributed by atoms with E-state index >= 15 is 0 Å². The van der Waals surface area contributed by atoms with Crippen molar-refractivity contribution in [3.63, 3.8) is 0 Å². The second-order valence-electron chi connectivity index (χ2n) is 9.00. The molecule has 0 aromatic heterocycles. The van der Waals surface area contributed by atoms with Crippen molar-refractivity contribution in [3.8, 4) is 0 Å². The van der Waals surface area contributed by atoms with Crippen molar-refractivity contribution in [2.75, 3.05) is 4.90 Å². The Kier molecular flexibility index (Phi) is 4.20. The lowest BCUT2D eigenvalue weighted by atomic mass is 9.46. The van der Waals surface area contributed by atoms with Crippen molar-refractivity contribution < 1.29 is 24.3 Å². The predicted molar refractivity (Wildman–Crippen MR) is 124 cm³/mol. The molecular weight excluding hydrogens is 454 g/mol. The highest BCUT2D eigenvalue weighted by atomic mass is 35.5. The summed E-state index contributed by atoms with van der Waals surface area (Å²) in [5, 5.41) is 9.51. The second kappa shape index (κ2) is 6.87. The SMILES string of the molecule is CC(=O)C12c3ccccc3C(c3ccccc31)[C@@H]1C(=O)N(c3ccc(Cl)c(C(=O)O)c3)C(=O)[C@H]12. The van der Waals surface area contributed by atoms with Gasteiger partial charge in [-0.1, -0.05) is 60.1 Å². The Hall–Kier alpha value is -3.77. The van der Waals surface area contributed by atoms with Crippen molar-refractivity contribution in [1.82, 2.24) is 0 Å². The van der Waals surface area contributed by atoms with Crippen LogP contribution in [0.25, 0.3) is 0 Å². The summed E-state index contributed by atoms with van der Waals surface area (Å²) < 4.78 is 0. The van der Waals surface area contributed by atoms with Crippen LogP contribution in [0.5, 0.6) is 0 Å². The summed E-state index contributed by atoms with van der Waals surface area (Å²) in [4.78, 5) is 54.1. The van der Waals surface area contributed by atoms with E-state index in [1.54, 1.807) is 0 Å². The highest BCUT2D eigenvalue weighted by molar-refractivity contribution is 6.34. The van der Waals surface area contributed by atoms with Crippen molar-refractivity contribution >= 4 is 40.9 Å². The third-order valence-corrected chi connectivity index (χ3v) is 7.94. The molecule has 34 heavy (non-hydrogen) atoms. The van der Waals surface area contributed by atoms with E-state index < -0.39 is 35.0 Å². The number of nitrogens with zero attached hydrogens (tertiary/aromatic N) is 1. The van der Waals surface area contributed by atoms with Crippen LogP contribution in [0.3, 0.4) is 0 Å². The van der Waals surface area contributed by atoms with Crippen molar-refractivity contribution in [2.45, 2.75) is 18.3 Å². The van der Waals surface area contributed by atoms with Gasteiger partial charge in [0.25, 0.3) is 0 Å². The number of carboxylic acid groups (broad SMARTS) is 1. The normalized spacial score (nSPS) is 26.2. The molecule has 2 bridgehead atoms. The van der Waals surface area contributed by atoms with Gasteiger partial charge in [-0.25, -0.2) is 9.69 Å². The number of hydrogen-bond acceptors (Lipinski definition) is 4. The highest BCUT2D eigenvalue weighted by Gasteiger charge is 2.70. The highest BCUT2D eigenvalue weighted by Crippen LogP contribution is 2.64. The van der Waals surface area contributed by atoms with Crippen LogP contribution in [0, 0.1) is 11.8 Å². The number of carboxylic acids is 1. The van der Waals surface area contributed by atoms with Gasteiger partial charge in [-0.3, -0.25) is 14.4 Å². The molecule has 1 fully saturated rings. The fourth-order valence-corrected chi connectivity index (χ4v) is 6.64. The zero-order valence-corrected chi connectivity index (χ0v) is 18.7. The number of benzene rings is 3. The third-order valence-electron chi connectivity index (χ3n) is 7.61. The molecule has 4 aliphatic rings. The molecule has 2 atom stereocenters. The number of ketones is 1. The van der Waals surface area contributed by atoms with Gasteiger partial charge in [-0.2, -0.15) is 0 Å². The number of carbonyl (C=O) groups excluding carboxylic acids is 3. The Bertz CT molecular complexity index is 1410. The van der Waals surface area contributed by atoms with Crippen LogP contribution in [0.4, 0.5) is 5.69 Å². The predicted octanol–water partition coefficient (Wildman–Crippen LogP) is 4.18. The maximum absolute atomic E-state index is 14.0. The first-order valence-corrected chi connectivity index (χ1v) is 11.3. The minimum Gasteiger partial charge on any atom is -0.478 e. The molecule has 3 aromatic rings. The quantitative estimate of drug-likeness (QED) is 0.579. The van der Waals surface area contributed by atoms with E-state index in [-0.39, 0.29) is 28.0 Å². The molecule has 1 saturated heterocycles. The smallest absolute Gasteiger partial charge is 0.337 e. The molecule has 0 radical (unpaired) electrons. The summed E-state index contributed by atoms with van der Waals surface area (Å²) >= 11 is 6.02. The van der Waals surface area contributed by atoms with Crippen molar-refractivity contribution in [3.05, 3.63) is 99.6 Å². The maximum Gasteiger partial charge on any atom is 0.337 e. The molecule has 0 saturated carbocycles. The molecule has 3 aromatic carbocycles. The second-order valence-corrected chi connectivity index (χ2v) is 9.41. The number of amides is 2. The molecular formula is C27H18ClNO5. The number of carbonyl (C=O) groups is 4. The number of anilines is 1. The topological polar surface area (TPSA) is 91.8 Å². The summed E-state index contributed by atoms with van der Waals surface area (Å²) in [6.07, 6.45) is 0. The monoisotopic (exact) mass is 471 g/mol. The largest absolute Gasteiger partial charge is 0.478 e. The molecule has 1 aliphatic heterocycles. The number of halogens is 1. The summed E-state index contributed by atoms with van der Waals surface area (Å²) in [6, 6.07) is 19.1. The first kappa shape index (κ1) is 20.8. The molecule has 1 N–H and O–H groups in total. The fraction of sp³-hybridized carbons (Fsp3) is 0.185. The number of imide groups is 1. The fourth-order valence-electron chi connectivity index (χ4n) is 6.44. The molecule has 2 amide bonds. The standard InChI is InChI=1S/C27H18ClNO5/c1-13(30)27-18-8-4-2-6-15(18)21(16-7-3-5-9-19(16)27)22-23(27)25(32)29(24(22)31)14-10-11-20(28)17(12-14)26(33)34/h2-12,21-23H,1H3,(H,33,34)/t21?,22-,23-,27?/m0/s1. The molecule has 168 valence electrons. The van der Waals surface area contributed by atoms with Gasteiger partial charge in [0, 0.05) is 5.92 Å². The molecule has 3 aliphatic carbocycles. The Morgan fingerprint density at radius 3 is 2.06 bits per heavy atom. The van der Waals surface area contributed by atoms with E-state index in [0.29, 0.717) is 0 Å². The minimum atomic E-state index is -1.30. The van der Waals surface area contributed by atoms with Crippen LogP contribution in [0.15, 0.2) is 66.7 Å². The molecule has 7 rings (SSSR count). The Labute approximate surface area is 199 Å². The van der Waals surface area contributed by atoms with Gasteiger partial charge < -0.3 is 5.11 Å². The average molecular weight is 472 g/mol. The first-order chi connectivity index (χ1) is 16.3. The van der Waals surface area contributed by atoms with Crippen molar-refractivity contribution in [1.29, 1.82) is 0 Å².